The van der Waals surface area contributed by atoms with E-state index < -0.39 is 36.4 Å². The molecule has 2 aromatic rings. The topological polar surface area (TPSA) is 125 Å². The summed E-state index contributed by atoms with van der Waals surface area (Å²) in [4.78, 5) is 36.2. The third-order valence-electron chi connectivity index (χ3n) is 5.03. The summed E-state index contributed by atoms with van der Waals surface area (Å²) < 4.78 is 4.80. The van der Waals surface area contributed by atoms with Crippen LogP contribution in [-0.4, -0.2) is 53.8 Å². The minimum atomic E-state index is -1.13. The van der Waals surface area contributed by atoms with Crippen molar-refractivity contribution in [1.82, 2.24) is 10.6 Å². The maximum Gasteiger partial charge on any atom is 0.328 e. The summed E-state index contributed by atoms with van der Waals surface area (Å²) in [7, 11) is 1.24. The smallest absolute Gasteiger partial charge is 0.328 e. The molecule has 172 valence electrons. The van der Waals surface area contributed by atoms with Gasteiger partial charge >= 0.3 is 11.9 Å². The number of benzene rings is 2. The van der Waals surface area contributed by atoms with E-state index in [2.05, 4.69) is 10.6 Å². The van der Waals surface area contributed by atoms with Gasteiger partial charge in [-0.3, -0.25) is 9.59 Å². The molecule has 0 spiro atoms. The van der Waals surface area contributed by atoms with Gasteiger partial charge in [0.1, 0.15) is 11.8 Å². The number of carbonyl (C=O) groups is 3. The summed E-state index contributed by atoms with van der Waals surface area (Å²) in [6.45, 7) is 2.25. The normalized spacial score (nSPS) is 12.6. The lowest BCUT2D eigenvalue weighted by Gasteiger charge is -2.21. The molecule has 0 aliphatic rings. The predicted octanol–water partition coefficient (Wildman–Crippen LogP) is 1.97. The lowest BCUT2D eigenvalue weighted by atomic mass is 10.0. The summed E-state index contributed by atoms with van der Waals surface area (Å²) in [6.07, 6.45) is 0.955. The zero-order valence-electron chi connectivity index (χ0n) is 18.3. The van der Waals surface area contributed by atoms with E-state index in [9.17, 15) is 24.6 Å². The molecular formula is C24H30N2O6. The highest BCUT2D eigenvalue weighted by Crippen LogP contribution is 2.19. The molecule has 0 saturated carbocycles. The van der Waals surface area contributed by atoms with Crippen molar-refractivity contribution in [1.29, 1.82) is 0 Å². The number of nitrogens with one attached hydrogen (secondary N) is 2. The van der Waals surface area contributed by atoms with Gasteiger partial charge in [0.15, 0.2) is 0 Å². The zero-order chi connectivity index (χ0) is 23.5. The van der Waals surface area contributed by atoms with E-state index in [-0.39, 0.29) is 12.2 Å². The average molecular weight is 443 g/mol. The van der Waals surface area contributed by atoms with Gasteiger partial charge in [-0.1, -0.05) is 42.5 Å². The van der Waals surface area contributed by atoms with Gasteiger partial charge < -0.3 is 25.6 Å². The third kappa shape index (κ3) is 8.03. The molecule has 8 heteroatoms. The number of rotatable bonds is 12. The van der Waals surface area contributed by atoms with Crippen LogP contribution in [0.15, 0.2) is 48.5 Å². The van der Waals surface area contributed by atoms with Gasteiger partial charge in [0.2, 0.25) is 5.91 Å². The molecule has 0 unspecified atom stereocenters. The number of phenols is 1. The largest absolute Gasteiger partial charge is 0.508 e. The standard InChI is InChI=1S/C24H30N2O6/c1-16-10-11-18(21(27)13-16)9-6-12-25-19(15-22(28)29)23(30)26-20(24(31)32-2)14-17-7-4-3-5-8-17/h3-5,7-8,10-11,13,19-20,25,27H,6,9,12,14-15H2,1-2H3,(H,26,30)(H,28,29)/t19-,20-/m0/s1. The van der Waals surface area contributed by atoms with Crippen molar-refractivity contribution in [3.8, 4) is 5.75 Å². The van der Waals surface area contributed by atoms with Gasteiger partial charge in [-0.2, -0.15) is 0 Å². The number of amides is 1. The van der Waals surface area contributed by atoms with Crippen LogP contribution < -0.4 is 10.6 Å². The Bertz CT molecular complexity index is 916. The summed E-state index contributed by atoms with van der Waals surface area (Å²) in [5.74, 6) is -2.11. The van der Waals surface area contributed by atoms with Crippen molar-refractivity contribution in [2.24, 2.45) is 0 Å². The van der Waals surface area contributed by atoms with Crippen LogP contribution in [0.5, 0.6) is 5.75 Å². The molecule has 0 aromatic heterocycles. The van der Waals surface area contributed by atoms with Crippen molar-refractivity contribution in [2.75, 3.05) is 13.7 Å². The Balaban J connectivity index is 1.97. The van der Waals surface area contributed by atoms with Crippen LogP contribution in [0, 0.1) is 6.92 Å². The second kappa shape index (κ2) is 12.5. The van der Waals surface area contributed by atoms with Gasteiger partial charge in [-0.15, -0.1) is 0 Å². The van der Waals surface area contributed by atoms with Crippen LogP contribution in [-0.2, 0) is 32.0 Å². The number of aromatic hydroxyl groups is 1. The molecule has 2 rings (SSSR count). The Hall–Kier alpha value is -3.39. The van der Waals surface area contributed by atoms with Crippen LogP contribution in [0.3, 0.4) is 0 Å². The van der Waals surface area contributed by atoms with E-state index in [0.717, 1.165) is 16.7 Å². The number of esters is 1. The molecule has 0 fully saturated rings. The first-order valence-electron chi connectivity index (χ1n) is 10.5. The fourth-order valence-corrected chi connectivity index (χ4v) is 3.33. The number of phenolic OH excluding ortho intramolecular Hbond substituents is 1. The van der Waals surface area contributed by atoms with Crippen LogP contribution in [0.4, 0.5) is 0 Å². The number of methoxy groups -OCH3 is 1. The number of ether oxygens (including phenoxy) is 1. The predicted molar refractivity (Wildman–Crippen MR) is 119 cm³/mol. The highest BCUT2D eigenvalue weighted by molar-refractivity contribution is 5.90. The molecule has 0 radical (unpaired) electrons. The molecule has 1 amide bonds. The Morgan fingerprint density at radius 3 is 2.41 bits per heavy atom. The lowest BCUT2D eigenvalue weighted by molar-refractivity contribution is -0.145. The Labute approximate surface area is 187 Å². The van der Waals surface area contributed by atoms with Gasteiger partial charge in [0, 0.05) is 6.42 Å². The summed E-state index contributed by atoms with van der Waals surface area (Å²) >= 11 is 0. The number of hydrogen-bond donors (Lipinski definition) is 4. The van der Waals surface area contributed by atoms with Crippen molar-refractivity contribution < 1.29 is 29.3 Å². The summed E-state index contributed by atoms with van der Waals surface area (Å²) in [5.41, 5.74) is 2.58. The molecule has 2 atom stereocenters. The average Bonchev–Trinajstić information content (AvgIpc) is 2.76. The van der Waals surface area contributed by atoms with Crippen molar-refractivity contribution in [3.05, 3.63) is 65.2 Å². The fourth-order valence-electron chi connectivity index (χ4n) is 3.33. The second-order valence-corrected chi connectivity index (χ2v) is 7.61. The Morgan fingerprint density at radius 1 is 1.06 bits per heavy atom. The molecule has 0 aliphatic heterocycles. The zero-order valence-corrected chi connectivity index (χ0v) is 18.3. The molecule has 32 heavy (non-hydrogen) atoms. The Kier molecular flexibility index (Phi) is 9.69. The second-order valence-electron chi connectivity index (χ2n) is 7.61. The van der Waals surface area contributed by atoms with Crippen LogP contribution in [0.1, 0.15) is 29.5 Å². The molecule has 0 bridgehead atoms. The minimum absolute atomic E-state index is 0.215. The number of carbonyl (C=O) groups excluding carboxylic acids is 2. The molecule has 8 nitrogen and oxygen atoms in total. The summed E-state index contributed by atoms with van der Waals surface area (Å²) in [6, 6.07) is 12.6. The van der Waals surface area contributed by atoms with E-state index in [1.165, 1.54) is 7.11 Å². The molecule has 0 aliphatic carbocycles. The third-order valence-corrected chi connectivity index (χ3v) is 5.03. The molecule has 0 saturated heterocycles. The lowest BCUT2D eigenvalue weighted by Crippen LogP contribution is -2.52. The minimum Gasteiger partial charge on any atom is -0.508 e. The van der Waals surface area contributed by atoms with E-state index in [1.54, 1.807) is 6.07 Å². The highest BCUT2D eigenvalue weighted by atomic mass is 16.5. The first kappa shape index (κ1) is 24.9. The maximum atomic E-state index is 12.8. The monoisotopic (exact) mass is 442 g/mol. The van der Waals surface area contributed by atoms with E-state index in [0.29, 0.717) is 19.4 Å². The quantitative estimate of drug-likeness (QED) is 0.293. The number of aliphatic carboxylic acids is 1. The van der Waals surface area contributed by atoms with Gasteiger partial charge in [0.25, 0.3) is 0 Å². The number of aryl methyl sites for hydroxylation is 2. The van der Waals surface area contributed by atoms with E-state index >= 15 is 0 Å². The van der Waals surface area contributed by atoms with Crippen LogP contribution >= 0.6 is 0 Å². The number of hydrogen-bond acceptors (Lipinski definition) is 6. The maximum absolute atomic E-state index is 12.8. The van der Waals surface area contributed by atoms with Crippen LogP contribution in [0.25, 0.3) is 0 Å². The first-order chi connectivity index (χ1) is 15.3. The number of carboxylic acids is 1. The summed E-state index contributed by atoms with van der Waals surface area (Å²) in [5, 5.41) is 24.8. The van der Waals surface area contributed by atoms with Gasteiger partial charge in [-0.05, 0) is 49.1 Å². The van der Waals surface area contributed by atoms with Crippen LogP contribution in [0.2, 0.25) is 0 Å². The van der Waals surface area contributed by atoms with Crippen molar-refractivity contribution >= 4 is 17.8 Å². The van der Waals surface area contributed by atoms with E-state index in [4.69, 9.17) is 4.74 Å². The number of carboxylic acid groups (broad SMARTS) is 1. The highest BCUT2D eigenvalue weighted by Gasteiger charge is 2.27. The van der Waals surface area contributed by atoms with Gasteiger partial charge in [-0.25, -0.2) is 4.79 Å². The molecular weight excluding hydrogens is 412 g/mol. The molecule has 0 heterocycles. The molecule has 2 aromatic carbocycles. The fraction of sp³-hybridized carbons (Fsp3) is 0.375. The SMILES string of the molecule is COC(=O)[C@H](Cc1ccccc1)NC(=O)[C@H](CC(=O)O)NCCCc1ccc(C)cc1O. The van der Waals surface area contributed by atoms with E-state index in [1.807, 2.05) is 49.4 Å². The van der Waals surface area contributed by atoms with Gasteiger partial charge in [0.05, 0.1) is 19.6 Å². The first-order valence-corrected chi connectivity index (χ1v) is 10.5. The Morgan fingerprint density at radius 2 is 1.78 bits per heavy atom. The molecule has 4 N–H and O–H groups in total. The van der Waals surface area contributed by atoms with Crippen molar-refractivity contribution in [3.63, 3.8) is 0 Å². The van der Waals surface area contributed by atoms with Crippen molar-refractivity contribution in [2.45, 2.75) is 44.7 Å².